The second-order valence-corrected chi connectivity index (χ2v) is 48.3. The summed E-state index contributed by atoms with van der Waals surface area (Å²) in [6, 6.07) is 28.2. The van der Waals surface area contributed by atoms with Crippen molar-refractivity contribution in [3.63, 3.8) is 0 Å². The molecule has 4 saturated heterocycles. The number of nitrogens with two attached hydrogens (primary N) is 1. The minimum atomic E-state index is -0.981. The van der Waals surface area contributed by atoms with Crippen molar-refractivity contribution in [1.82, 2.24) is 59.9 Å². The van der Waals surface area contributed by atoms with Crippen LogP contribution >= 0.6 is 92.4 Å². The van der Waals surface area contributed by atoms with Crippen LogP contribution in [0.3, 0.4) is 0 Å². The first-order valence-corrected chi connectivity index (χ1v) is 55.3. The van der Waals surface area contributed by atoms with Crippen LogP contribution in [0.5, 0.6) is 0 Å². The first kappa shape index (κ1) is 118. The summed E-state index contributed by atoms with van der Waals surface area (Å²) in [5.74, 6) is 8.13. The number of carbonyl (C=O) groups excluding carboxylic acids is 6. The Kier molecular flexibility index (Phi) is 46.1. The second-order valence-electron chi connectivity index (χ2n) is 39.0. The van der Waals surface area contributed by atoms with Gasteiger partial charge in [0.05, 0.1) is 99.3 Å². The van der Waals surface area contributed by atoms with E-state index in [4.69, 9.17) is 33.6 Å². The summed E-state index contributed by atoms with van der Waals surface area (Å²) in [6.07, 6.45) is 24.2. The number of nitro groups is 2. The lowest BCUT2D eigenvalue weighted by Gasteiger charge is -2.31. The van der Waals surface area contributed by atoms with Crippen molar-refractivity contribution in [2.75, 3.05) is 86.5 Å². The Morgan fingerprint density at radius 1 is 0.419 bits per heavy atom. The number of nitrogens with one attached hydrogen (secondary N) is 5. The van der Waals surface area contributed by atoms with Crippen LogP contribution < -0.4 is 32.3 Å². The molecule has 0 radical (unpaired) electrons. The molecule has 36 nitrogen and oxygen atoms in total. The van der Waals surface area contributed by atoms with Crippen LogP contribution in [0.15, 0.2) is 206 Å². The zero-order valence-electron chi connectivity index (χ0n) is 85.5. The Bertz CT molecular complexity index is 6260. The molecule has 4 aliphatic heterocycles. The van der Waals surface area contributed by atoms with Gasteiger partial charge in [-0.2, -0.15) is 0 Å². The number of carboxylic acid groups (broad SMARTS) is 1. The molecule has 44 heteroatoms. The van der Waals surface area contributed by atoms with Gasteiger partial charge >= 0.3 is 5.97 Å². The predicted molar refractivity (Wildman–Crippen MR) is 585 cm³/mol. The summed E-state index contributed by atoms with van der Waals surface area (Å²) in [7, 11) is 1.00. The van der Waals surface area contributed by atoms with Crippen LogP contribution in [0.2, 0.25) is 0 Å². The van der Waals surface area contributed by atoms with E-state index in [9.17, 15) is 53.8 Å². The lowest BCUT2D eigenvalue weighted by Crippen LogP contribution is -2.37. The number of hydrogen-bond acceptors (Lipinski definition) is 37. The largest absolute Gasteiger partial charge is 0.478 e. The minimum absolute atomic E-state index is 0.00407. The number of nitrogens with zero attached hydrogens (tertiary/aromatic N) is 13. The Hall–Kier alpha value is -11.8. The Morgan fingerprint density at radius 2 is 0.676 bits per heavy atom. The molecule has 16 rings (SSSR count). The number of allylic oxidation sites excluding steroid dienone is 1. The molecular formula is C104H131N19O17S8. The average molecular weight is 2180 g/mol. The summed E-state index contributed by atoms with van der Waals surface area (Å²) in [6.45, 7) is 41.1. The number of thiazole rings is 4. The molecule has 792 valence electrons. The zero-order valence-corrected chi connectivity index (χ0v) is 92.0. The molecule has 8 aromatic heterocycles. The molecule has 0 unspecified atom stereocenters. The molecule has 12 heterocycles. The number of carbonyl (C=O) groups is 7. The normalized spacial score (nSPS) is 14.5. The highest BCUT2D eigenvalue weighted by Crippen LogP contribution is 2.39. The molecule has 0 spiro atoms. The summed E-state index contributed by atoms with van der Waals surface area (Å²) in [5, 5.41) is 53.3. The number of piperidine rings is 4. The standard InChI is InChI=1S/C28H34N4O3S2.C24H29N5O4S2.C24H31N5O2S2.C17H24N4O2S2.C7H5NO3.C3H4O2.CH4O/c1-5-22(33)14-19-6-8-20(9-7-19)17-32-12-10-21(11-13-32)26(34)31-27-30-16-25(37-27)36-18-24-29-15-23(35-24)28(2,3)4;1-24(2,3)19-12-25-20(33-19)15-34-21-13-26-23(35-21)27-22(30)17-8-10-28(11-9-17)14-16-4-6-18(7-5-16)29(31)32;1-24(2,3)19-12-26-20(31-19)15-32-21-13-27-23(33-21)28-22(30)17-8-10-29(11-9-17)14-16-4-6-18(25)7-5-16;1-17(2,3)12-8-19-13(23-12)10-24-14-9-20-16(25-14)21-15(22)11-4-6-18-7-5-11;9-5-6-1-3-7(4-2-6)8(10)11;1-2-3(4)5;1-2/h5-9,15-16,21H,1,10-14,17-18H2,2-4H3,(H,30,31,34);4-7,12-13,17H,8-11,14-15H2,1-3H3,(H,26,27,30);4-7,12-13,17H,8-11,14-15,25H2,1-3H3,(H,27,28,30);8-9,11,18H,4-7,10H2,1-3H3,(H,20,21,22);1-5H;2H,1H2,(H,4,5);2H,1H3. The molecule has 4 amide bonds. The second kappa shape index (κ2) is 57.8. The average Bonchev–Trinajstić information content (AvgIpc) is 1.14. The lowest BCUT2D eigenvalue weighted by atomic mass is 9.94. The molecule has 12 aromatic rings. The Morgan fingerprint density at radius 3 is 0.926 bits per heavy atom. The lowest BCUT2D eigenvalue weighted by molar-refractivity contribution is -0.385. The smallest absolute Gasteiger partial charge is 0.327 e. The fraction of sp³-hybridized carbons (Fsp3) is 0.433. The number of carboxylic acids is 1. The quantitative estimate of drug-likeness (QED) is 0.00473. The number of anilines is 5. The molecule has 4 fully saturated rings. The van der Waals surface area contributed by atoms with Crippen LogP contribution in [0.4, 0.5) is 37.6 Å². The van der Waals surface area contributed by atoms with Crippen molar-refractivity contribution < 1.29 is 71.3 Å². The fourth-order valence-corrected chi connectivity index (χ4v) is 21.7. The van der Waals surface area contributed by atoms with Crippen molar-refractivity contribution in [3.8, 4) is 0 Å². The number of benzene rings is 4. The van der Waals surface area contributed by atoms with Gasteiger partial charge in [-0.1, -0.05) is 190 Å². The fourth-order valence-electron chi connectivity index (χ4n) is 14.8. The maximum absolute atomic E-state index is 12.8. The van der Waals surface area contributed by atoms with E-state index in [-0.39, 0.29) is 86.1 Å². The Balaban J connectivity index is 0.000000192. The molecule has 0 aliphatic carbocycles. The number of nitrogen functional groups attached to an aromatic ring is 1. The first-order chi connectivity index (χ1) is 70.5. The van der Waals surface area contributed by atoms with Gasteiger partial charge in [-0.15, -0.1) is 47.0 Å². The number of thioether (sulfide) groups is 4. The van der Waals surface area contributed by atoms with Crippen LogP contribution in [0.1, 0.15) is 214 Å². The van der Waals surface area contributed by atoms with E-state index in [0.29, 0.717) is 85.4 Å². The third-order valence-corrected chi connectivity index (χ3v) is 31.7. The molecule has 4 aromatic carbocycles. The van der Waals surface area contributed by atoms with Gasteiger partial charge in [0.2, 0.25) is 47.2 Å². The maximum Gasteiger partial charge on any atom is 0.327 e. The number of nitro benzene ring substituents is 2. The van der Waals surface area contributed by atoms with Gasteiger partial charge in [-0.3, -0.25) is 63.7 Å². The van der Waals surface area contributed by atoms with Crippen LogP contribution in [-0.4, -0.2) is 176 Å². The van der Waals surface area contributed by atoms with Crippen LogP contribution in [0, 0.1) is 43.9 Å². The summed E-state index contributed by atoms with van der Waals surface area (Å²) in [4.78, 5) is 143. The van der Waals surface area contributed by atoms with Crippen molar-refractivity contribution in [2.45, 2.75) is 222 Å². The highest BCUT2D eigenvalue weighted by Gasteiger charge is 2.32. The van der Waals surface area contributed by atoms with Gasteiger partial charge < -0.3 is 60.2 Å². The molecule has 0 bridgehead atoms. The number of ketones is 1. The van der Waals surface area contributed by atoms with Crippen molar-refractivity contribution >= 4 is 172 Å². The van der Waals surface area contributed by atoms with Crippen molar-refractivity contribution in [3.05, 3.63) is 267 Å². The predicted octanol–water partition coefficient (Wildman–Crippen LogP) is 21.4. The van der Waals surface area contributed by atoms with Gasteiger partial charge in [-0.05, 0) is 156 Å². The van der Waals surface area contributed by atoms with Crippen molar-refractivity contribution in [1.29, 1.82) is 0 Å². The van der Waals surface area contributed by atoms with E-state index >= 15 is 0 Å². The molecule has 4 aliphatic rings. The van der Waals surface area contributed by atoms with Gasteiger partial charge in [0.15, 0.2) is 26.3 Å². The Labute approximate surface area is 895 Å². The number of oxazole rings is 4. The summed E-state index contributed by atoms with van der Waals surface area (Å²) in [5.41, 5.74) is 11.4. The number of non-ortho nitro benzene ring substituents is 2. The molecule has 0 atom stereocenters. The van der Waals surface area contributed by atoms with Gasteiger partial charge in [0, 0.05) is 120 Å². The third kappa shape index (κ3) is 39.9. The molecule has 148 heavy (non-hydrogen) atoms. The topological polar surface area (TPSA) is 498 Å². The van der Waals surface area contributed by atoms with Crippen molar-refractivity contribution in [2.24, 2.45) is 23.7 Å². The summed E-state index contributed by atoms with van der Waals surface area (Å²) < 4.78 is 27.4. The number of amides is 4. The number of hydrogen-bond donors (Lipinski definition) is 8. The minimum Gasteiger partial charge on any atom is -0.478 e. The van der Waals surface area contributed by atoms with E-state index in [0.717, 1.165) is 193 Å². The van der Waals surface area contributed by atoms with Crippen LogP contribution in [0.25, 0.3) is 0 Å². The number of aldehydes is 1. The number of rotatable bonds is 33. The van der Waals surface area contributed by atoms with E-state index < -0.39 is 15.8 Å². The van der Waals surface area contributed by atoms with Gasteiger partial charge in [0.25, 0.3) is 11.4 Å². The first-order valence-electron chi connectivity index (χ1n) is 48.1. The van der Waals surface area contributed by atoms with E-state index in [1.807, 2.05) is 24.3 Å². The zero-order chi connectivity index (χ0) is 107. The summed E-state index contributed by atoms with van der Waals surface area (Å²) >= 11 is 12.3. The molecule has 0 saturated carbocycles. The molecule has 9 N–H and O–H groups in total. The number of aliphatic hydroxyl groups excluding tert-OH is 1. The highest BCUT2D eigenvalue weighted by atomic mass is 32.2. The number of likely N-dealkylation sites (tertiary alicyclic amines) is 3. The maximum atomic E-state index is 12.8. The third-order valence-electron chi connectivity index (χ3n) is 23.4. The van der Waals surface area contributed by atoms with Gasteiger partial charge in [0.1, 0.15) is 29.3 Å². The number of aromatic nitrogens is 8. The van der Waals surface area contributed by atoms with E-state index in [1.165, 1.54) is 98.9 Å². The molecular weight excluding hydrogens is 2040 g/mol. The number of aliphatic carboxylic acids is 1. The number of aliphatic hydroxyl groups is 1. The van der Waals surface area contributed by atoms with Gasteiger partial charge in [-0.25, -0.2) is 44.7 Å². The van der Waals surface area contributed by atoms with Crippen LogP contribution in [-0.2, 0) is 99.5 Å². The SMILES string of the molecule is C=CC(=O)Cc1ccc(CN2CCC(C(=O)Nc3ncc(SCc4ncc(C(C)(C)C)o4)s3)CC2)cc1.C=CC(=O)O.CC(C)(C)c1cnc(CSc2cnc(NC(=O)C3CCN(Cc4ccc(N)cc4)CC3)s2)o1.CC(C)(C)c1cnc(CSc2cnc(NC(=O)C3CCN(Cc4ccc([N+](=O)[O-])cc4)CC3)s2)o1.CC(C)(C)c1cnc(CSc2cnc(NC(=O)C3CCNCC3)s2)o1.CO.O=Cc1ccc([N+](=O)[O-])cc1. The highest BCUT2D eigenvalue weighted by molar-refractivity contribution is 8.01. The van der Waals surface area contributed by atoms with E-state index in [1.54, 1.807) is 109 Å². The monoisotopic (exact) mass is 2170 g/mol. The van der Waals surface area contributed by atoms with E-state index in [2.05, 4.69) is 202 Å².